The van der Waals surface area contributed by atoms with E-state index in [1.54, 1.807) is 6.20 Å². The second kappa shape index (κ2) is 6.91. The number of aryl methyl sites for hydroxylation is 2. The maximum Gasteiger partial charge on any atom is 0.257 e. The van der Waals surface area contributed by atoms with E-state index in [9.17, 15) is 4.79 Å². The molecule has 0 saturated carbocycles. The standard InChI is InChI=1S/C17H22N4O2/c1-3-6-21-11-14(10-19-21)17(22)20-7-8-23-16(12-20)15-5-4-13(2)9-18-15/h4-5,9-11,16H,3,6-8,12H2,1-2H3. The van der Waals surface area contributed by atoms with Crippen LogP contribution in [0.3, 0.4) is 0 Å². The molecule has 0 radical (unpaired) electrons. The number of aromatic nitrogens is 3. The van der Waals surface area contributed by atoms with E-state index in [-0.39, 0.29) is 12.0 Å². The Labute approximate surface area is 136 Å². The summed E-state index contributed by atoms with van der Waals surface area (Å²) in [6.45, 7) is 6.56. The van der Waals surface area contributed by atoms with Crippen LogP contribution < -0.4 is 0 Å². The van der Waals surface area contributed by atoms with E-state index in [4.69, 9.17) is 4.74 Å². The molecular weight excluding hydrogens is 292 g/mol. The number of nitrogens with zero attached hydrogens (tertiary/aromatic N) is 4. The van der Waals surface area contributed by atoms with Gasteiger partial charge in [-0.05, 0) is 25.0 Å². The monoisotopic (exact) mass is 314 g/mol. The minimum absolute atomic E-state index is 0.00719. The molecule has 6 heteroatoms. The molecule has 1 fully saturated rings. The van der Waals surface area contributed by atoms with Gasteiger partial charge < -0.3 is 9.64 Å². The fourth-order valence-electron chi connectivity index (χ4n) is 2.69. The van der Waals surface area contributed by atoms with Crippen molar-refractivity contribution < 1.29 is 9.53 Å². The summed E-state index contributed by atoms with van der Waals surface area (Å²) < 4.78 is 7.60. The third-order valence-corrected chi connectivity index (χ3v) is 3.95. The highest BCUT2D eigenvalue weighted by molar-refractivity contribution is 5.93. The lowest BCUT2D eigenvalue weighted by atomic mass is 10.1. The summed E-state index contributed by atoms with van der Waals surface area (Å²) in [5.41, 5.74) is 2.62. The predicted octanol–water partition coefficient (Wildman–Crippen LogP) is 2.21. The molecule has 122 valence electrons. The summed E-state index contributed by atoms with van der Waals surface area (Å²) in [6.07, 6.45) is 6.12. The highest BCUT2D eigenvalue weighted by atomic mass is 16.5. The summed E-state index contributed by atoms with van der Waals surface area (Å²) in [6, 6.07) is 3.98. The lowest BCUT2D eigenvalue weighted by Crippen LogP contribution is -2.42. The molecule has 2 aromatic rings. The fraction of sp³-hybridized carbons (Fsp3) is 0.471. The quantitative estimate of drug-likeness (QED) is 0.868. The van der Waals surface area contributed by atoms with Gasteiger partial charge in [-0.25, -0.2) is 0 Å². The molecule has 6 nitrogen and oxygen atoms in total. The average molecular weight is 314 g/mol. The Morgan fingerprint density at radius 2 is 2.26 bits per heavy atom. The Bertz CT molecular complexity index is 665. The zero-order valence-electron chi connectivity index (χ0n) is 13.6. The topological polar surface area (TPSA) is 60.2 Å². The molecule has 1 saturated heterocycles. The first-order chi connectivity index (χ1) is 11.2. The Morgan fingerprint density at radius 1 is 1.39 bits per heavy atom. The number of rotatable bonds is 4. The maximum atomic E-state index is 12.6. The molecule has 3 rings (SSSR count). The van der Waals surface area contributed by atoms with Crippen LogP contribution >= 0.6 is 0 Å². The molecule has 0 bridgehead atoms. The van der Waals surface area contributed by atoms with Crippen molar-refractivity contribution in [3.05, 3.63) is 47.5 Å². The molecule has 0 N–H and O–H groups in total. The van der Waals surface area contributed by atoms with Gasteiger partial charge in [-0.15, -0.1) is 0 Å². The number of morpholine rings is 1. The van der Waals surface area contributed by atoms with Crippen molar-refractivity contribution in [3.63, 3.8) is 0 Å². The van der Waals surface area contributed by atoms with Gasteiger partial charge in [-0.1, -0.05) is 13.0 Å². The van der Waals surface area contributed by atoms with Crippen LogP contribution in [0.15, 0.2) is 30.7 Å². The molecule has 1 amide bonds. The van der Waals surface area contributed by atoms with Gasteiger partial charge in [-0.3, -0.25) is 14.5 Å². The van der Waals surface area contributed by atoms with Crippen LogP contribution in [0.5, 0.6) is 0 Å². The van der Waals surface area contributed by atoms with Crippen LogP contribution in [0.25, 0.3) is 0 Å². The molecule has 1 aliphatic rings. The van der Waals surface area contributed by atoms with Gasteiger partial charge in [0.1, 0.15) is 6.10 Å². The Balaban J connectivity index is 1.69. The van der Waals surface area contributed by atoms with Crippen LogP contribution in [0.4, 0.5) is 0 Å². The molecule has 1 atom stereocenters. The highest BCUT2D eigenvalue weighted by Gasteiger charge is 2.27. The molecule has 2 aromatic heterocycles. The van der Waals surface area contributed by atoms with Gasteiger partial charge in [-0.2, -0.15) is 5.10 Å². The van der Waals surface area contributed by atoms with E-state index >= 15 is 0 Å². The molecule has 0 aromatic carbocycles. The summed E-state index contributed by atoms with van der Waals surface area (Å²) in [5, 5.41) is 4.23. The lowest BCUT2D eigenvalue weighted by molar-refractivity contribution is -0.0247. The van der Waals surface area contributed by atoms with Crippen LogP contribution in [-0.4, -0.2) is 45.3 Å². The molecule has 1 aliphatic heterocycles. The van der Waals surface area contributed by atoms with Crippen LogP contribution in [0, 0.1) is 6.92 Å². The van der Waals surface area contributed by atoms with Gasteiger partial charge in [0.25, 0.3) is 5.91 Å². The average Bonchev–Trinajstić information content (AvgIpc) is 3.04. The highest BCUT2D eigenvalue weighted by Crippen LogP contribution is 2.22. The number of ether oxygens (including phenoxy) is 1. The molecule has 23 heavy (non-hydrogen) atoms. The number of carbonyl (C=O) groups excluding carboxylic acids is 1. The van der Waals surface area contributed by atoms with E-state index in [1.807, 2.05) is 41.0 Å². The van der Waals surface area contributed by atoms with Crippen molar-refractivity contribution in [1.82, 2.24) is 19.7 Å². The fourth-order valence-corrected chi connectivity index (χ4v) is 2.69. The first-order valence-corrected chi connectivity index (χ1v) is 8.03. The second-order valence-corrected chi connectivity index (χ2v) is 5.86. The van der Waals surface area contributed by atoms with Crippen molar-refractivity contribution >= 4 is 5.91 Å². The van der Waals surface area contributed by atoms with Crippen LogP contribution in [0.2, 0.25) is 0 Å². The molecule has 0 spiro atoms. The molecular formula is C17H22N4O2. The lowest BCUT2D eigenvalue weighted by Gasteiger charge is -2.32. The van der Waals surface area contributed by atoms with Gasteiger partial charge >= 0.3 is 0 Å². The first kappa shape index (κ1) is 15.7. The van der Waals surface area contributed by atoms with Gasteiger partial charge in [0.15, 0.2) is 0 Å². The maximum absolute atomic E-state index is 12.6. The number of hydrogen-bond donors (Lipinski definition) is 0. The normalized spacial score (nSPS) is 18.2. The number of amides is 1. The van der Waals surface area contributed by atoms with Crippen molar-refractivity contribution in [2.24, 2.45) is 0 Å². The van der Waals surface area contributed by atoms with Gasteiger partial charge in [0.05, 0.1) is 30.6 Å². The van der Waals surface area contributed by atoms with E-state index < -0.39 is 0 Å². The minimum atomic E-state index is -0.168. The van der Waals surface area contributed by atoms with Crippen molar-refractivity contribution in [2.45, 2.75) is 32.9 Å². The third-order valence-electron chi connectivity index (χ3n) is 3.95. The largest absolute Gasteiger partial charge is 0.368 e. The van der Waals surface area contributed by atoms with Crippen molar-refractivity contribution in [3.8, 4) is 0 Å². The van der Waals surface area contributed by atoms with Crippen LogP contribution in [0.1, 0.15) is 41.1 Å². The summed E-state index contributed by atoms with van der Waals surface area (Å²) in [7, 11) is 0. The summed E-state index contributed by atoms with van der Waals surface area (Å²) >= 11 is 0. The summed E-state index contributed by atoms with van der Waals surface area (Å²) in [5.74, 6) is 0.00719. The summed E-state index contributed by atoms with van der Waals surface area (Å²) in [4.78, 5) is 18.9. The molecule has 1 unspecified atom stereocenters. The van der Waals surface area contributed by atoms with Crippen molar-refractivity contribution in [1.29, 1.82) is 0 Å². The van der Waals surface area contributed by atoms with Crippen molar-refractivity contribution in [2.75, 3.05) is 19.7 Å². The molecule has 0 aliphatic carbocycles. The van der Waals surface area contributed by atoms with Gasteiger partial charge in [0.2, 0.25) is 0 Å². The van der Waals surface area contributed by atoms with E-state index in [0.29, 0.717) is 25.3 Å². The van der Waals surface area contributed by atoms with E-state index in [1.165, 1.54) is 0 Å². The van der Waals surface area contributed by atoms with E-state index in [0.717, 1.165) is 24.2 Å². The Hall–Kier alpha value is -2.21. The first-order valence-electron chi connectivity index (χ1n) is 8.03. The zero-order valence-corrected chi connectivity index (χ0v) is 13.6. The predicted molar refractivity (Wildman–Crippen MR) is 86.1 cm³/mol. The third kappa shape index (κ3) is 3.59. The Morgan fingerprint density at radius 3 is 3.00 bits per heavy atom. The smallest absolute Gasteiger partial charge is 0.257 e. The minimum Gasteiger partial charge on any atom is -0.368 e. The SMILES string of the molecule is CCCn1cc(C(=O)N2CCOC(c3ccc(C)cn3)C2)cn1. The zero-order chi connectivity index (χ0) is 16.2. The Kier molecular flexibility index (Phi) is 4.71. The second-order valence-electron chi connectivity index (χ2n) is 5.86. The van der Waals surface area contributed by atoms with Crippen LogP contribution in [-0.2, 0) is 11.3 Å². The number of carbonyl (C=O) groups is 1. The van der Waals surface area contributed by atoms with Gasteiger partial charge in [0, 0.05) is 25.5 Å². The number of pyridine rings is 1. The van der Waals surface area contributed by atoms with E-state index in [2.05, 4.69) is 17.0 Å². The number of hydrogen-bond acceptors (Lipinski definition) is 4. The molecule has 3 heterocycles.